The molecule has 1 aromatic carbocycles. The van der Waals surface area contributed by atoms with Gasteiger partial charge in [-0.2, -0.15) is 0 Å². The number of benzene rings is 1. The van der Waals surface area contributed by atoms with E-state index in [2.05, 4.69) is 31.5 Å². The molecule has 2 rings (SSSR count). The van der Waals surface area contributed by atoms with Gasteiger partial charge in [-0.1, -0.05) is 6.07 Å². The van der Waals surface area contributed by atoms with Crippen molar-refractivity contribution >= 4 is 39.2 Å². The molecule has 2 aromatic rings. The number of hydrogen-bond donors (Lipinski definition) is 2. The SMILES string of the molecule is Cc1ccc(NC(=O)CN(C)CC(=O)Nc2ccc(Br)cn2)cc1C. The van der Waals surface area contributed by atoms with Crippen LogP contribution in [0.3, 0.4) is 0 Å². The molecule has 0 spiro atoms. The predicted octanol–water partition coefficient (Wildman–Crippen LogP) is 2.97. The smallest absolute Gasteiger partial charge is 0.239 e. The Morgan fingerprint density at radius 2 is 1.72 bits per heavy atom. The fraction of sp³-hybridized carbons (Fsp3) is 0.278. The zero-order valence-corrected chi connectivity index (χ0v) is 16.1. The number of aryl methyl sites for hydroxylation is 2. The van der Waals surface area contributed by atoms with E-state index in [1.54, 1.807) is 30.3 Å². The van der Waals surface area contributed by atoms with Crippen LogP contribution in [-0.2, 0) is 9.59 Å². The van der Waals surface area contributed by atoms with Gasteiger partial charge in [0.2, 0.25) is 11.8 Å². The minimum atomic E-state index is -0.226. The molecule has 2 N–H and O–H groups in total. The minimum Gasteiger partial charge on any atom is -0.325 e. The Hall–Kier alpha value is -2.25. The van der Waals surface area contributed by atoms with Crippen LogP contribution in [0, 0.1) is 13.8 Å². The normalized spacial score (nSPS) is 10.6. The molecule has 0 bridgehead atoms. The van der Waals surface area contributed by atoms with Gasteiger partial charge in [0.25, 0.3) is 0 Å². The Morgan fingerprint density at radius 1 is 1.04 bits per heavy atom. The molecule has 0 saturated carbocycles. The second-order valence-corrected chi connectivity index (χ2v) is 6.85. The zero-order valence-electron chi connectivity index (χ0n) is 14.5. The molecule has 0 unspecified atom stereocenters. The van der Waals surface area contributed by atoms with E-state index in [9.17, 15) is 9.59 Å². The first-order valence-corrected chi connectivity index (χ1v) is 8.60. The Morgan fingerprint density at radius 3 is 2.32 bits per heavy atom. The number of nitrogens with zero attached hydrogens (tertiary/aromatic N) is 2. The number of amides is 2. The number of halogens is 1. The number of rotatable bonds is 6. The van der Waals surface area contributed by atoms with Crippen molar-refractivity contribution in [3.8, 4) is 0 Å². The summed E-state index contributed by atoms with van der Waals surface area (Å²) in [7, 11) is 1.72. The third kappa shape index (κ3) is 6.28. The monoisotopic (exact) mass is 404 g/mol. The van der Waals surface area contributed by atoms with E-state index in [-0.39, 0.29) is 24.9 Å². The summed E-state index contributed by atoms with van der Waals surface area (Å²) < 4.78 is 0.839. The highest BCUT2D eigenvalue weighted by Gasteiger charge is 2.12. The molecule has 0 radical (unpaired) electrons. The van der Waals surface area contributed by atoms with Crippen LogP contribution in [-0.4, -0.2) is 41.8 Å². The van der Waals surface area contributed by atoms with Gasteiger partial charge in [0, 0.05) is 16.4 Å². The Balaban J connectivity index is 1.81. The van der Waals surface area contributed by atoms with E-state index >= 15 is 0 Å². The van der Waals surface area contributed by atoms with Crippen LogP contribution in [0.15, 0.2) is 41.0 Å². The first kappa shape index (κ1) is 19.1. The van der Waals surface area contributed by atoms with Crippen LogP contribution in [0.1, 0.15) is 11.1 Å². The molecule has 6 nitrogen and oxygen atoms in total. The standard InChI is InChI=1S/C18H21BrN4O2/c1-12-4-6-15(8-13(12)2)21-17(24)10-23(3)11-18(25)22-16-7-5-14(19)9-20-16/h4-9H,10-11H2,1-3H3,(H,21,24)(H,20,22,25). The van der Waals surface area contributed by atoms with Gasteiger partial charge in [0.05, 0.1) is 13.1 Å². The van der Waals surface area contributed by atoms with E-state index < -0.39 is 0 Å². The van der Waals surface area contributed by atoms with E-state index in [1.807, 2.05) is 32.0 Å². The molecular weight excluding hydrogens is 384 g/mol. The zero-order chi connectivity index (χ0) is 18.4. The van der Waals surface area contributed by atoms with Crippen molar-refractivity contribution in [3.05, 3.63) is 52.1 Å². The molecule has 0 atom stereocenters. The van der Waals surface area contributed by atoms with Gasteiger partial charge < -0.3 is 10.6 Å². The summed E-state index contributed by atoms with van der Waals surface area (Å²) in [6.45, 7) is 4.23. The number of hydrogen-bond acceptors (Lipinski definition) is 4. The summed E-state index contributed by atoms with van der Waals surface area (Å²) in [5.74, 6) is 0.0813. The number of anilines is 2. The van der Waals surface area contributed by atoms with E-state index in [0.717, 1.165) is 15.7 Å². The topological polar surface area (TPSA) is 74.3 Å². The van der Waals surface area contributed by atoms with Gasteiger partial charge in [-0.3, -0.25) is 14.5 Å². The summed E-state index contributed by atoms with van der Waals surface area (Å²) in [4.78, 5) is 29.8. The Bertz CT molecular complexity index is 762. The van der Waals surface area contributed by atoms with Gasteiger partial charge >= 0.3 is 0 Å². The van der Waals surface area contributed by atoms with Crippen LogP contribution >= 0.6 is 15.9 Å². The van der Waals surface area contributed by atoms with Crippen molar-refractivity contribution in [2.75, 3.05) is 30.8 Å². The highest BCUT2D eigenvalue weighted by Crippen LogP contribution is 2.14. The number of carbonyl (C=O) groups is 2. The molecule has 7 heteroatoms. The molecule has 0 aliphatic rings. The second-order valence-electron chi connectivity index (χ2n) is 5.93. The Labute approximate surface area is 155 Å². The molecule has 0 fully saturated rings. The molecule has 132 valence electrons. The van der Waals surface area contributed by atoms with Crippen molar-refractivity contribution in [1.82, 2.24) is 9.88 Å². The summed E-state index contributed by atoms with van der Waals surface area (Å²) in [5.41, 5.74) is 3.05. The lowest BCUT2D eigenvalue weighted by Gasteiger charge is -2.16. The third-order valence-corrected chi connectivity index (χ3v) is 4.08. The predicted molar refractivity (Wildman–Crippen MR) is 103 cm³/mol. The number of nitrogens with one attached hydrogen (secondary N) is 2. The highest BCUT2D eigenvalue weighted by atomic mass is 79.9. The van der Waals surface area contributed by atoms with E-state index in [0.29, 0.717) is 5.82 Å². The van der Waals surface area contributed by atoms with Gasteiger partial charge in [0.15, 0.2) is 0 Å². The van der Waals surface area contributed by atoms with Crippen LogP contribution in [0.4, 0.5) is 11.5 Å². The number of pyridine rings is 1. The lowest BCUT2D eigenvalue weighted by molar-refractivity contribution is -0.119. The van der Waals surface area contributed by atoms with Gasteiger partial charge in [0.1, 0.15) is 5.82 Å². The molecule has 0 saturated heterocycles. The molecule has 25 heavy (non-hydrogen) atoms. The number of carbonyl (C=O) groups excluding carboxylic acids is 2. The molecule has 1 heterocycles. The summed E-state index contributed by atoms with van der Waals surface area (Å²) in [6.07, 6.45) is 1.61. The average molecular weight is 405 g/mol. The second kappa shape index (κ2) is 8.73. The van der Waals surface area contributed by atoms with Crippen LogP contribution in [0.25, 0.3) is 0 Å². The maximum absolute atomic E-state index is 12.1. The van der Waals surface area contributed by atoms with E-state index in [1.165, 1.54) is 5.56 Å². The third-order valence-electron chi connectivity index (χ3n) is 3.61. The van der Waals surface area contributed by atoms with Crippen molar-refractivity contribution < 1.29 is 9.59 Å². The lowest BCUT2D eigenvalue weighted by atomic mass is 10.1. The molecule has 0 aliphatic carbocycles. The van der Waals surface area contributed by atoms with Crippen LogP contribution < -0.4 is 10.6 Å². The minimum absolute atomic E-state index is 0.0953. The number of aromatic nitrogens is 1. The fourth-order valence-electron chi connectivity index (χ4n) is 2.20. The highest BCUT2D eigenvalue weighted by molar-refractivity contribution is 9.10. The quantitative estimate of drug-likeness (QED) is 0.775. The largest absolute Gasteiger partial charge is 0.325 e. The van der Waals surface area contributed by atoms with E-state index in [4.69, 9.17) is 0 Å². The Kier molecular flexibility index (Phi) is 6.66. The first-order valence-electron chi connectivity index (χ1n) is 7.80. The lowest BCUT2D eigenvalue weighted by Crippen LogP contribution is -2.36. The number of likely N-dealkylation sites (N-methyl/N-ethyl adjacent to an activating group) is 1. The molecule has 1 aromatic heterocycles. The maximum atomic E-state index is 12.1. The first-order chi connectivity index (χ1) is 11.8. The van der Waals surface area contributed by atoms with Crippen LogP contribution in [0.2, 0.25) is 0 Å². The fourth-order valence-corrected chi connectivity index (χ4v) is 2.43. The van der Waals surface area contributed by atoms with Gasteiger partial charge in [-0.05, 0) is 72.2 Å². The van der Waals surface area contributed by atoms with Crippen molar-refractivity contribution in [1.29, 1.82) is 0 Å². The molecular formula is C18H21BrN4O2. The van der Waals surface area contributed by atoms with Gasteiger partial charge in [-0.25, -0.2) is 4.98 Å². The van der Waals surface area contributed by atoms with Crippen LogP contribution in [0.5, 0.6) is 0 Å². The van der Waals surface area contributed by atoms with Crippen molar-refractivity contribution in [2.24, 2.45) is 0 Å². The van der Waals surface area contributed by atoms with Crippen molar-refractivity contribution in [3.63, 3.8) is 0 Å². The summed E-state index contributed by atoms with van der Waals surface area (Å²) >= 11 is 3.29. The summed E-state index contributed by atoms with van der Waals surface area (Å²) in [5, 5.41) is 5.53. The molecule has 0 aliphatic heterocycles. The van der Waals surface area contributed by atoms with Gasteiger partial charge in [-0.15, -0.1) is 0 Å². The van der Waals surface area contributed by atoms with Crippen molar-refractivity contribution in [2.45, 2.75) is 13.8 Å². The molecule has 2 amide bonds. The maximum Gasteiger partial charge on any atom is 0.239 e. The average Bonchev–Trinajstić information content (AvgIpc) is 2.52. The summed E-state index contributed by atoms with van der Waals surface area (Å²) in [6, 6.07) is 9.26.